The predicted molar refractivity (Wildman–Crippen MR) is 75.6 cm³/mol. The molecule has 2 aliphatic rings. The summed E-state index contributed by atoms with van der Waals surface area (Å²) in [4.78, 5) is 12.0. The molecule has 0 radical (unpaired) electrons. The molecule has 1 N–H and O–H groups in total. The van der Waals surface area contributed by atoms with Crippen molar-refractivity contribution >= 4 is 5.97 Å². The first kappa shape index (κ1) is 15.7. The Bertz CT molecular complexity index is 317. The molecule has 0 bridgehead atoms. The second kappa shape index (κ2) is 7.38. The van der Waals surface area contributed by atoms with E-state index >= 15 is 0 Å². The number of likely N-dealkylation sites (N-methyl/N-ethyl adjacent to an activating group) is 1. The number of hydrogen-bond acceptors (Lipinski definition) is 5. The van der Waals surface area contributed by atoms with Crippen LogP contribution >= 0.6 is 0 Å². The van der Waals surface area contributed by atoms with Gasteiger partial charge in [0, 0.05) is 13.0 Å². The fourth-order valence-corrected chi connectivity index (χ4v) is 3.26. The van der Waals surface area contributed by atoms with Crippen molar-refractivity contribution in [1.29, 1.82) is 0 Å². The fourth-order valence-electron chi connectivity index (χ4n) is 3.26. The molecule has 1 saturated carbocycles. The average Bonchev–Trinajstić information content (AvgIpc) is 2.53. The highest BCUT2D eigenvalue weighted by molar-refractivity contribution is 5.80. The Morgan fingerprint density at radius 2 is 2.20 bits per heavy atom. The van der Waals surface area contributed by atoms with Crippen molar-refractivity contribution in [3.05, 3.63) is 0 Å². The van der Waals surface area contributed by atoms with Crippen molar-refractivity contribution in [2.45, 2.75) is 62.7 Å². The van der Waals surface area contributed by atoms with Gasteiger partial charge in [-0.15, -0.1) is 0 Å². The molecule has 20 heavy (non-hydrogen) atoms. The first-order valence-corrected chi connectivity index (χ1v) is 7.71. The van der Waals surface area contributed by atoms with E-state index in [0.717, 1.165) is 38.7 Å². The summed E-state index contributed by atoms with van der Waals surface area (Å²) in [7, 11) is 3.27. The normalized spacial score (nSPS) is 34.7. The summed E-state index contributed by atoms with van der Waals surface area (Å²) < 4.78 is 16.6. The summed E-state index contributed by atoms with van der Waals surface area (Å²) in [6.45, 7) is 1.49. The number of ether oxygens (including phenoxy) is 3. The smallest absolute Gasteiger partial charge is 0.326 e. The highest BCUT2D eigenvalue weighted by Crippen LogP contribution is 2.31. The second-order valence-electron chi connectivity index (χ2n) is 5.86. The van der Waals surface area contributed by atoms with E-state index in [2.05, 4.69) is 5.32 Å². The molecule has 0 aromatic heterocycles. The van der Waals surface area contributed by atoms with Crippen molar-refractivity contribution < 1.29 is 19.0 Å². The predicted octanol–water partition coefficient (Wildman–Crippen LogP) is 1.65. The zero-order valence-corrected chi connectivity index (χ0v) is 12.7. The number of rotatable bonds is 5. The molecule has 0 spiro atoms. The zero-order chi connectivity index (χ0) is 14.4. The monoisotopic (exact) mass is 285 g/mol. The lowest BCUT2D eigenvalue weighted by atomic mass is 9.80. The third-order valence-electron chi connectivity index (χ3n) is 4.55. The van der Waals surface area contributed by atoms with Crippen LogP contribution in [0, 0.1) is 0 Å². The standard InChI is InChI=1S/C15H27NO4/c1-16-15(14(17)18-2)8-5-7-12(10-15)20-11-13-6-3-4-9-19-13/h12-13,16H,3-11H2,1-2H3. The van der Waals surface area contributed by atoms with Gasteiger partial charge in [-0.2, -0.15) is 0 Å². The quantitative estimate of drug-likeness (QED) is 0.778. The van der Waals surface area contributed by atoms with Crippen LogP contribution in [0.15, 0.2) is 0 Å². The Hall–Kier alpha value is -0.650. The van der Waals surface area contributed by atoms with Crippen molar-refractivity contribution in [3.8, 4) is 0 Å². The molecular weight excluding hydrogens is 258 g/mol. The number of carbonyl (C=O) groups excluding carboxylic acids is 1. The average molecular weight is 285 g/mol. The number of methoxy groups -OCH3 is 1. The third-order valence-corrected chi connectivity index (χ3v) is 4.55. The first-order valence-electron chi connectivity index (χ1n) is 7.71. The van der Waals surface area contributed by atoms with Gasteiger partial charge in [0.25, 0.3) is 0 Å². The van der Waals surface area contributed by atoms with Crippen molar-refractivity contribution in [2.75, 3.05) is 27.4 Å². The van der Waals surface area contributed by atoms with Crippen LogP contribution in [-0.2, 0) is 19.0 Å². The molecule has 2 fully saturated rings. The molecular formula is C15H27NO4. The number of carbonyl (C=O) groups is 1. The fraction of sp³-hybridized carbons (Fsp3) is 0.933. The largest absolute Gasteiger partial charge is 0.468 e. The zero-order valence-electron chi connectivity index (χ0n) is 12.7. The molecule has 5 nitrogen and oxygen atoms in total. The van der Waals surface area contributed by atoms with Gasteiger partial charge in [0.2, 0.25) is 0 Å². The van der Waals surface area contributed by atoms with Gasteiger partial charge < -0.3 is 19.5 Å². The number of hydrogen-bond donors (Lipinski definition) is 1. The minimum absolute atomic E-state index is 0.112. The molecule has 1 aliphatic carbocycles. The SMILES string of the molecule is CNC1(C(=O)OC)CCCC(OCC2CCCCO2)C1. The molecule has 5 heteroatoms. The van der Waals surface area contributed by atoms with Gasteiger partial charge in [0.15, 0.2) is 0 Å². The third kappa shape index (κ3) is 3.71. The van der Waals surface area contributed by atoms with Gasteiger partial charge in [-0.05, 0) is 45.6 Å². The summed E-state index contributed by atoms with van der Waals surface area (Å²) in [6, 6.07) is 0. The highest BCUT2D eigenvalue weighted by atomic mass is 16.5. The van der Waals surface area contributed by atoms with Crippen molar-refractivity contribution in [1.82, 2.24) is 5.32 Å². The van der Waals surface area contributed by atoms with E-state index in [-0.39, 0.29) is 18.2 Å². The maximum atomic E-state index is 12.0. The summed E-state index contributed by atoms with van der Waals surface area (Å²) in [5, 5.41) is 3.15. The van der Waals surface area contributed by atoms with Crippen LogP contribution in [0.1, 0.15) is 44.9 Å². The molecule has 0 amide bonds. The van der Waals surface area contributed by atoms with Crippen LogP contribution in [0.3, 0.4) is 0 Å². The summed E-state index contributed by atoms with van der Waals surface area (Å²) in [6.07, 6.45) is 7.29. The van der Waals surface area contributed by atoms with Crippen LogP contribution in [0.2, 0.25) is 0 Å². The molecule has 1 saturated heterocycles. The summed E-state index contributed by atoms with van der Waals surface area (Å²) >= 11 is 0. The number of esters is 1. The van der Waals surface area contributed by atoms with E-state index < -0.39 is 5.54 Å². The van der Waals surface area contributed by atoms with Crippen LogP contribution in [0.4, 0.5) is 0 Å². The molecule has 0 aromatic rings. The molecule has 1 heterocycles. The molecule has 0 aromatic carbocycles. The van der Waals surface area contributed by atoms with Gasteiger partial charge in [0.05, 0.1) is 25.9 Å². The molecule has 1 aliphatic heterocycles. The maximum absolute atomic E-state index is 12.0. The molecule has 3 atom stereocenters. The second-order valence-corrected chi connectivity index (χ2v) is 5.86. The van der Waals surface area contributed by atoms with E-state index in [9.17, 15) is 4.79 Å². The van der Waals surface area contributed by atoms with Crippen LogP contribution in [0.5, 0.6) is 0 Å². The van der Waals surface area contributed by atoms with Gasteiger partial charge in [0.1, 0.15) is 5.54 Å². The Kier molecular flexibility index (Phi) is 5.81. The van der Waals surface area contributed by atoms with Gasteiger partial charge in [-0.3, -0.25) is 4.79 Å². The van der Waals surface area contributed by atoms with Crippen molar-refractivity contribution in [3.63, 3.8) is 0 Å². The lowest BCUT2D eigenvalue weighted by Crippen LogP contribution is -2.55. The number of nitrogens with one attached hydrogen (secondary N) is 1. The Balaban J connectivity index is 1.84. The maximum Gasteiger partial charge on any atom is 0.326 e. The van der Waals surface area contributed by atoms with E-state index in [1.165, 1.54) is 13.5 Å². The van der Waals surface area contributed by atoms with Crippen LogP contribution in [0.25, 0.3) is 0 Å². The first-order chi connectivity index (χ1) is 9.70. The molecule has 116 valence electrons. The van der Waals surface area contributed by atoms with Gasteiger partial charge in [-0.1, -0.05) is 0 Å². The van der Waals surface area contributed by atoms with Crippen LogP contribution < -0.4 is 5.32 Å². The van der Waals surface area contributed by atoms with E-state index in [0.29, 0.717) is 13.0 Å². The topological polar surface area (TPSA) is 56.8 Å². The Morgan fingerprint density at radius 3 is 2.85 bits per heavy atom. The summed E-state index contributed by atoms with van der Waals surface area (Å²) in [5.74, 6) is -0.179. The van der Waals surface area contributed by atoms with E-state index in [1.54, 1.807) is 0 Å². The lowest BCUT2D eigenvalue weighted by molar-refractivity contribution is -0.153. The highest BCUT2D eigenvalue weighted by Gasteiger charge is 2.43. The van der Waals surface area contributed by atoms with Crippen LogP contribution in [-0.4, -0.2) is 51.1 Å². The molecule has 2 rings (SSSR count). The summed E-state index contributed by atoms with van der Waals surface area (Å²) in [5.41, 5.74) is -0.578. The Labute approximate surface area is 121 Å². The lowest BCUT2D eigenvalue weighted by Gasteiger charge is -2.38. The van der Waals surface area contributed by atoms with Gasteiger partial charge in [-0.25, -0.2) is 0 Å². The minimum atomic E-state index is -0.578. The van der Waals surface area contributed by atoms with E-state index in [4.69, 9.17) is 14.2 Å². The minimum Gasteiger partial charge on any atom is -0.468 e. The van der Waals surface area contributed by atoms with Gasteiger partial charge >= 0.3 is 5.97 Å². The van der Waals surface area contributed by atoms with E-state index in [1.807, 2.05) is 7.05 Å². The molecule has 3 unspecified atom stereocenters. The van der Waals surface area contributed by atoms with Crippen molar-refractivity contribution in [2.24, 2.45) is 0 Å². The Morgan fingerprint density at radius 1 is 1.35 bits per heavy atom.